The lowest BCUT2D eigenvalue weighted by Gasteiger charge is -2.33. The molecule has 116 valence electrons. The Morgan fingerprint density at radius 3 is 2.70 bits per heavy atom. The third-order valence-electron chi connectivity index (χ3n) is 4.62. The van der Waals surface area contributed by atoms with Gasteiger partial charge in [-0.1, -0.05) is 26.2 Å². The largest absolute Gasteiger partial charge is 0.352 e. The van der Waals surface area contributed by atoms with Gasteiger partial charge in [0.05, 0.1) is 6.54 Å². The molecule has 0 aromatic heterocycles. The molecule has 0 aromatic carbocycles. The fraction of sp³-hybridized carbons (Fsp3) is 0.938. The Morgan fingerprint density at radius 1 is 1.15 bits per heavy atom. The highest BCUT2D eigenvalue weighted by atomic mass is 16.2. The van der Waals surface area contributed by atoms with Crippen molar-refractivity contribution in [3.05, 3.63) is 0 Å². The lowest BCUT2D eigenvalue weighted by Crippen LogP contribution is -2.46. The summed E-state index contributed by atoms with van der Waals surface area (Å²) in [6, 6.07) is 0.443. The van der Waals surface area contributed by atoms with E-state index in [1.54, 1.807) is 0 Å². The summed E-state index contributed by atoms with van der Waals surface area (Å²) in [4.78, 5) is 14.5. The first kappa shape index (κ1) is 15.8. The van der Waals surface area contributed by atoms with Crippen molar-refractivity contribution in [2.75, 3.05) is 32.7 Å². The van der Waals surface area contributed by atoms with Gasteiger partial charge < -0.3 is 10.6 Å². The second-order valence-electron chi connectivity index (χ2n) is 6.45. The van der Waals surface area contributed by atoms with E-state index in [-0.39, 0.29) is 5.91 Å². The van der Waals surface area contributed by atoms with Gasteiger partial charge in [0.15, 0.2) is 0 Å². The van der Waals surface area contributed by atoms with Crippen molar-refractivity contribution in [1.82, 2.24) is 15.5 Å². The highest BCUT2D eigenvalue weighted by Gasteiger charge is 2.22. The van der Waals surface area contributed by atoms with Crippen LogP contribution < -0.4 is 10.6 Å². The number of nitrogens with zero attached hydrogens (tertiary/aromatic N) is 1. The second kappa shape index (κ2) is 8.63. The van der Waals surface area contributed by atoms with Crippen LogP contribution >= 0.6 is 0 Å². The lowest BCUT2D eigenvalue weighted by molar-refractivity contribution is -0.123. The van der Waals surface area contributed by atoms with Crippen LogP contribution in [-0.2, 0) is 4.79 Å². The van der Waals surface area contributed by atoms with Gasteiger partial charge in [-0.15, -0.1) is 0 Å². The Bertz CT molecular complexity index is 289. The first-order chi connectivity index (χ1) is 9.78. The molecule has 1 atom stereocenters. The Kier molecular flexibility index (Phi) is 6.80. The molecule has 1 aliphatic carbocycles. The van der Waals surface area contributed by atoms with Gasteiger partial charge in [-0.05, 0) is 51.2 Å². The number of likely N-dealkylation sites (tertiary alicyclic amines) is 1. The van der Waals surface area contributed by atoms with Crippen LogP contribution in [-0.4, -0.2) is 49.6 Å². The van der Waals surface area contributed by atoms with Crippen LogP contribution in [0.25, 0.3) is 0 Å². The van der Waals surface area contributed by atoms with Gasteiger partial charge in [0.1, 0.15) is 0 Å². The van der Waals surface area contributed by atoms with Crippen molar-refractivity contribution >= 4 is 5.91 Å². The first-order valence-electron chi connectivity index (χ1n) is 8.50. The molecule has 0 bridgehead atoms. The van der Waals surface area contributed by atoms with E-state index in [0.717, 1.165) is 26.2 Å². The van der Waals surface area contributed by atoms with Crippen LogP contribution in [0.3, 0.4) is 0 Å². The van der Waals surface area contributed by atoms with Crippen LogP contribution in [0.15, 0.2) is 0 Å². The maximum atomic E-state index is 12.1. The number of nitrogens with one attached hydrogen (secondary N) is 2. The Morgan fingerprint density at radius 2 is 1.95 bits per heavy atom. The summed E-state index contributed by atoms with van der Waals surface area (Å²) in [6.07, 6.45) is 8.77. The zero-order valence-corrected chi connectivity index (χ0v) is 13.0. The molecule has 0 radical (unpaired) electrons. The van der Waals surface area contributed by atoms with Gasteiger partial charge in [-0.3, -0.25) is 9.69 Å². The number of piperidine rings is 1. The van der Waals surface area contributed by atoms with Crippen molar-refractivity contribution in [2.45, 2.75) is 57.9 Å². The predicted octanol–water partition coefficient (Wildman–Crippen LogP) is 1.76. The smallest absolute Gasteiger partial charge is 0.234 e. The molecule has 4 nitrogen and oxygen atoms in total. The van der Waals surface area contributed by atoms with Gasteiger partial charge in [-0.25, -0.2) is 0 Å². The first-order valence-corrected chi connectivity index (χ1v) is 8.50. The fourth-order valence-corrected chi connectivity index (χ4v) is 3.53. The van der Waals surface area contributed by atoms with E-state index in [4.69, 9.17) is 0 Å². The molecule has 4 heteroatoms. The molecule has 1 aliphatic heterocycles. The predicted molar refractivity (Wildman–Crippen MR) is 82.7 cm³/mol. The molecule has 2 fully saturated rings. The van der Waals surface area contributed by atoms with Gasteiger partial charge in [0, 0.05) is 12.6 Å². The minimum Gasteiger partial charge on any atom is -0.352 e. The molecular formula is C16H31N3O. The number of carbonyl (C=O) groups excluding carboxylic acids is 1. The molecule has 1 saturated carbocycles. The van der Waals surface area contributed by atoms with Gasteiger partial charge in [-0.2, -0.15) is 0 Å². The molecule has 1 saturated heterocycles. The minimum atomic E-state index is 0.237. The summed E-state index contributed by atoms with van der Waals surface area (Å²) in [5.74, 6) is 0.951. The van der Waals surface area contributed by atoms with Crippen molar-refractivity contribution in [1.29, 1.82) is 0 Å². The normalized spacial score (nSPS) is 25.6. The number of hydrogen-bond acceptors (Lipinski definition) is 3. The fourth-order valence-electron chi connectivity index (χ4n) is 3.53. The molecule has 0 spiro atoms. The summed E-state index contributed by atoms with van der Waals surface area (Å²) in [6.45, 7) is 7.04. The Balaban J connectivity index is 1.67. The summed E-state index contributed by atoms with van der Waals surface area (Å²) < 4.78 is 0. The summed E-state index contributed by atoms with van der Waals surface area (Å²) >= 11 is 0. The van der Waals surface area contributed by atoms with Gasteiger partial charge >= 0.3 is 0 Å². The summed E-state index contributed by atoms with van der Waals surface area (Å²) in [5, 5.41) is 6.66. The van der Waals surface area contributed by atoms with Crippen molar-refractivity contribution < 1.29 is 4.79 Å². The Labute approximate surface area is 123 Å². The van der Waals surface area contributed by atoms with E-state index in [2.05, 4.69) is 22.5 Å². The molecule has 0 aromatic rings. The number of amides is 1. The monoisotopic (exact) mass is 281 g/mol. The Hall–Kier alpha value is -0.610. The van der Waals surface area contributed by atoms with Crippen LogP contribution in [0.4, 0.5) is 0 Å². The molecule has 1 heterocycles. The molecular weight excluding hydrogens is 250 g/mol. The van der Waals surface area contributed by atoms with Crippen LogP contribution in [0, 0.1) is 5.92 Å². The van der Waals surface area contributed by atoms with Gasteiger partial charge in [0.2, 0.25) is 5.91 Å². The van der Waals surface area contributed by atoms with Gasteiger partial charge in [0.25, 0.3) is 0 Å². The van der Waals surface area contributed by atoms with E-state index in [0.29, 0.717) is 18.5 Å². The second-order valence-corrected chi connectivity index (χ2v) is 6.45. The van der Waals surface area contributed by atoms with E-state index >= 15 is 0 Å². The average Bonchev–Trinajstić information content (AvgIpc) is 2.46. The molecule has 1 unspecified atom stereocenters. The van der Waals surface area contributed by atoms with Crippen LogP contribution in [0.2, 0.25) is 0 Å². The topological polar surface area (TPSA) is 44.4 Å². The quantitative estimate of drug-likeness (QED) is 0.780. The van der Waals surface area contributed by atoms with E-state index in [9.17, 15) is 4.79 Å². The highest BCUT2D eigenvalue weighted by molar-refractivity contribution is 5.78. The molecule has 1 amide bonds. The number of hydrogen-bond donors (Lipinski definition) is 2. The lowest BCUT2D eigenvalue weighted by atomic mass is 9.95. The number of rotatable bonds is 6. The molecule has 2 rings (SSSR count). The van der Waals surface area contributed by atoms with Crippen LogP contribution in [0.5, 0.6) is 0 Å². The molecule has 20 heavy (non-hydrogen) atoms. The van der Waals surface area contributed by atoms with E-state index in [1.165, 1.54) is 44.9 Å². The average molecular weight is 281 g/mol. The maximum absolute atomic E-state index is 12.1. The van der Waals surface area contributed by atoms with Crippen molar-refractivity contribution in [3.63, 3.8) is 0 Å². The molecule has 2 N–H and O–H groups in total. The third-order valence-corrected chi connectivity index (χ3v) is 4.62. The zero-order valence-electron chi connectivity index (χ0n) is 13.0. The van der Waals surface area contributed by atoms with E-state index < -0.39 is 0 Å². The van der Waals surface area contributed by atoms with Crippen LogP contribution in [0.1, 0.15) is 51.9 Å². The summed E-state index contributed by atoms with van der Waals surface area (Å²) in [5.41, 5.74) is 0. The van der Waals surface area contributed by atoms with Crippen molar-refractivity contribution in [2.24, 2.45) is 5.92 Å². The number of carbonyl (C=O) groups is 1. The zero-order chi connectivity index (χ0) is 14.2. The highest BCUT2D eigenvalue weighted by Crippen LogP contribution is 2.18. The van der Waals surface area contributed by atoms with E-state index in [1.807, 2.05) is 0 Å². The standard InChI is InChI=1S/C16H31N3O/c1-2-17-11-14-7-6-10-19(12-14)13-16(20)18-15-8-4-3-5-9-15/h14-15,17H,2-13H2,1H3,(H,18,20). The molecule has 2 aliphatic rings. The third kappa shape index (κ3) is 5.41. The van der Waals surface area contributed by atoms with Crippen molar-refractivity contribution in [3.8, 4) is 0 Å². The SMILES string of the molecule is CCNCC1CCCN(CC(=O)NC2CCCCC2)C1. The summed E-state index contributed by atoms with van der Waals surface area (Å²) in [7, 11) is 0. The minimum absolute atomic E-state index is 0.237. The maximum Gasteiger partial charge on any atom is 0.234 e.